The second kappa shape index (κ2) is 8.51. The Kier molecular flexibility index (Phi) is 6.11. The lowest BCUT2D eigenvalue weighted by Crippen LogP contribution is -2.18. The van der Waals surface area contributed by atoms with E-state index in [1.807, 2.05) is 51.1 Å². The summed E-state index contributed by atoms with van der Waals surface area (Å²) in [6.45, 7) is 5.98. The maximum atomic E-state index is 12.4. The Balaban J connectivity index is 1.60. The van der Waals surface area contributed by atoms with E-state index in [1.165, 1.54) is 11.3 Å². The van der Waals surface area contributed by atoms with Gasteiger partial charge in [-0.3, -0.25) is 4.79 Å². The van der Waals surface area contributed by atoms with Gasteiger partial charge in [0.1, 0.15) is 5.76 Å². The van der Waals surface area contributed by atoms with Crippen LogP contribution in [0.3, 0.4) is 0 Å². The number of oxazole rings is 1. The van der Waals surface area contributed by atoms with Gasteiger partial charge >= 0.3 is 0 Å². The quantitative estimate of drug-likeness (QED) is 0.558. The van der Waals surface area contributed by atoms with Crippen molar-refractivity contribution in [3.63, 3.8) is 0 Å². The number of aryl methyl sites for hydroxylation is 1. The lowest BCUT2D eigenvalue weighted by molar-refractivity contribution is -0.117. The summed E-state index contributed by atoms with van der Waals surface area (Å²) in [4.78, 5) is 21.1. The number of hydrogen-bond donors (Lipinski definition) is 1. The van der Waals surface area contributed by atoms with Crippen LogP contribution in [-0.4, -0.2) is 15.9 Å². The van der Waals surface area contributed by atoms with Crippen LogP contribution in [0.5, 0.6) is 0 Å². The first-order valence-corrected chi connectivity index (χ1v) is 10.2. The van der Waals surface area contributed by atoms with Crippen LogP contribution in [0, 0.1) is 0 Å². The second-order valence-electron chi connectivity index (χ2n) is 5.88. The molecule has 0 radical (unpaired) electrons. The molecule has 0 saturated heterocycles. The highest BCUT2D eigenvalue weighted by Gasteiger charge is 2.18. The van der Waals surface area contributed by atoms with E-state index in [4.69, 9.17) is 4.42 Å². The smallest absolute Gasteiger partial charge is 0.233 e. The number of thioether (sulfide) groups is 1. The Hall–Kier alpha value is -2.12. The van der Waals surface area contributed by atoms with E-state index in [-0.39, 0.29) is 17.1 Å². The average molecular weight is 388 g/mol. The fourth-order valence-corrected chi connectivity index (χ4v) is 4.46. The first kappa shape index (κ1) is 18.7. The van der Waals surface area contributed by atoms with E-state index >= 15 is 0 Å². The molecule has 0 fully saturated rings. The van der Waals surface area contributed by atoms with Crippen molar-refractivity contribution in [3.05, 3.63) is 59.9 Å². The highest BCUT2D eigenvalue weighted by molar-refractivity contribution is 8.01. The van der Waals surface area contributed by atoms with Crippen LogP contribution in [0.15, 0.2) is 51.4 Å². The zero-order valence-electron chi connectivity index (χ0n) is 14.9. The van der Waals surface area contributed by atoms with Crippen molar-refractivity contribution in [2.24, 2.45) is 0 Å². The average Bonchev–Trinajstić information content (AvgIpc) is 3.31. The Morgan fingerprint density at radius 3 is 2.69 bits per heavy atom. The van der Waals surface area contributed by atoms with Gasteiger partial charge in [0, 0.05) is 6.42 Å². The number of hydrogen-bond acceptors (Lipinski definition) is 6. The fraction of sp³-hybridized carbons (Fsp3) is 0.316. The predicted molar refractivity (Wildman–Crippen MR) is 106 cm³/mol. The zero-order valence-corrected chi connectivity index (χ0v) is 16.6. The van der Waals surface area contributed by atoms with E-state index in [9.17, 15) is 4.79 Å². The number of nitrogens with zero attached hydrogens (tertiary/aromatic N) is 2. The first-order chi connectivity index (χ1) is 12.6. The number of carbonyl (C=O) groups excluding carboxylic acids is 1. The van der Waals surface area contributed by atoms with Gasteiger partial charge in [-0.1, -0.05) is 48.6 Å². The molecule has 136 valence electrons. The van der Waals surface area contributed by atoms with Crippen LogP contribution < -0.4 is 5.32 Å². The molecule has 0 bridgehead atoms. The Labute approximate surface area is 161 Å². The monoisotopic (exact) mass is 387 g/mol. The summed E-state index contributed by atoms with van der Waals surface area (Å²) in [7, 11) is 0. The zero-order chi connectivity index (χ0) is 18.5. The van der Waals surface area contributed by atoms with Crippen LogP contribution in [0.4, 0.5) is 5.13 Å². The molecule has 1 unspecified atom stereocenters. The molecule has 0 aliphatic rings. The maximum absolute atomic E-state index is 12.4. The van der Waals surface area contributed by atoms with Crippen molar-refractivity contribution in [1.29, 1.82) is 0 Å². The Morgan fingerprint density at radius 2 is 2.00 bits per heavy atom. The molecule has 1 amide bonds. The van der Waals surface area contributed by atoms with Crippen LogP contribution >= 0.6 is 23.1 Å². The molecule has 2 atom stereocenters. The molecule has 26 heavy (non-hydrogen) atoms. The normalized spacial score (nSPS) is 13.3. The van der Waals surface area contributed by atoms with Gasteiger partial charge in [0.2, 0.25) is 11.8 Å². The number of aromatic nitrogens is 2. The van der Waals surface area contributed by atoms with Crippen LogP contribution in [-0.2, 0) is 11.2 Å². The molecule has 5 nitrogen and oxygen atoms in total. The lowest BCUT2D eigenvalue weighted by Gasteiger charge is -2.10. The van der Waals surface area contributed by atoms with Crippen molar-refractivity contribution in [3.8, 4) is 0 Å². The molecule has 7 heteroatoms. The van der Waals surface area contributed by atoms with E-state index in [0.29, 0.717) is 11.0 Å². The van der Waals surface area contributed by atoms with Crippen molar-refractivity contribution >= 4 is 34.1 Å². The third kappa shape index (κ3) is 4.53. The molecule has 0 spiro atoms. The Morgan fingerprint density at radius 1 is 1.23 bits per heavy atom. The summed E-state index contributed by atoms with van der Waals surface area (Å²) in [6, 6.07) is 9.72. The minimum atomic E-state index is -0.227. The molecule has 1 aromatic carbocycles. The van der Waals surface area contributed by atoms with E-state index < -0.39 is 0 Å². The van der Waals surface area contributed by atoms with Gasteiger partial charge in [-0.2, -0.15) is 0 Å². The minimum Gasteiger partial charge on any atom is -0.445 e. The molecule has 2 heterocycles. The molecule has 0 aliphatic carbocycles. The van der Waals surface area contributed by atoms with Gasteiger partial charge in [0.25, 0.3) is 0 Å². The van der Waals surface area contributed by atoms with Gasteiger partial charge < -0.3 is 9.73 Å². The molecule has 3 rings (SSSR count). The topological polar surface area (TPSA) is 68.0 Å². The maximum Gasteiger partial charge on any atom is 0.233 e. The van der Waals surface area contributed by atoms with E-state index in [1.54, 1.807) is 24.2 Å². The standard InChI is InChI=1S/C19H21N3O2S2/c1-4-15-10-20-18(24-15)13(3)25-16-11-21-19(26-16)22-17(23)12(2)14-8-6-5-7-9-14/h5-13H,4H2,1-3H3,(H,21,22,23)/t12-,13?/m1/s1. The summed E-state index contributed by atoms with van der Waals surface area (Å²) in [5.74, 6) is 1.31. The molecule has 2 aromatic heterocycles. The largest absolute Gasteiger partial charge is 0.445 e. The third-order valence-electron chi connectivity index (χ3n) is 3.97. The molecule has 0 saturated carbocycles. The van der Waals surface area contributed by atoms with Gasteiger partial charge in [-0.05, 0) is 19.4 Å². The van der Waals surface area contributed by atoms with Gasteiger partial charge in [0.15, 0.2) is 5.13 Å². The number of amides is 1. The van der Waals surface area contributed by atoms with Crippen molar-refractivity contribution in [1.82, 2.24) is 9.97 Å². The predicted octanol–water partition coefficient (Wildman–Crippen LogP) is 5.29. The van der Waals surface area contributed by atoms with Crippen LogP contribution in [0.1, 0.15) is 49.2 Å². The SMILES string of the molecule is CCc1cnc(C(C)Sc2cnc(NC(=O)[C@H](C)c3ccccc3)s2)o1. The number of benzene rings is 1. The second-order valence-corrected chi connectivity index (χ2v) is 8.56. The first-order valence-electron chi connectivity index (χ1n) is 8.49. The molecular weight excluding hydrogens is 366 g/mol. The number of nitrogens with one attached hydrogen (secondary N) is 1. The number of anilines is 1. The summed E-state index contributed by atoms with van der Waals surface area (Å²) in [6.07, 6.45) is 4.38. The molecule has 0 aliphatic heterocycles. The number of thiazole rings is 1. The van der Waals surface area contributed by atoms with Crippen molar-refractivity contribution < 1.29 is 9.21 Å². The van der Waals surface area contributed by atoms with Gasteiger partial charge in [-0.25, -0.2) is 9.97 Å². The van der Waals surface area contributed by atoms with E-state index in [2.05, 4.69) is 15.3 Å². The lowest BCUT2D eigenvalue weighted by atomic mass is 10.0. The molecule has 3 aromatic rings. The highest BCUT2D eigenvalue weighted by atomic mass is 32.2. The van der Waals surface area contributed by atoms with Gasteiger partial charge in [0.05, 0.1) is 27.8 Å². The summed E-state index contributed by atoms with van der Waals surface area (Å²) in [5, 5.41) is 3.59. The third-order valence-corrected chi connectivity index (χ3v) is 6.11. The van der Waals surface area contributed by atoms with Crippen molar-refractivity contribution in [2.75, 3.05) is 5.32 Å². The number of carbonyl (C=O) groups is 1. The summed E-state index contributed by atoms with van der Waals surface area (Å²) >= 11 is 3.08. The van der Waals surface area contributed by atoms with Crippen LogP contribution in [0.25, 0.3) is 0 Å². The van der Waals surface area contributed by atoms with Crippen molar-refractivity contribution in [2.45, 2.75) is 42.6 Å². The summed E-state index contributed by atoms with van der Waals surface area (Å²) in [5.41, 5.74) is 0.986. The Bertz CT molecular complexity index is 861. The minimum absolute atomic E-state index is 0.0598. The van der Waals surface area contributed by atoms with Gasteiger partial charge in [-0.15, -0.1) is 11.8 Å². The van der Waals surface area contributed by atoms with Crippen LogP contribution in [0.2, 0.25) is 0 Å². The number of rotatable bonds is 7. The van der Waals surface area contributed by atoms with E-state index in [0.717, 1.165) is 22.0 Å². The fourth-order valence-electron chi connectivity index (χ4n) is 2.38. The summed E-state index contributed by atoms with van der Waals surface area (Å²) < 4.78 is 6.71. The molecular formula is C19H21N3O2S2. The molecule has 1 N–H and O–H groups in total. The highest BCUT2D eigenvalue weighted by Crippen LogP contribution is 2.38.